The Balaban J connectivity index is 1.21. The number of ether oxygens (including phenoxy) is 2. The standard InChI is InChI=1S/C29H25N7O5/c1-34-17-21(15-30-34)20-9-13-23(14-10-20)40-18-26(41-36-28(37)24-5-3-4-6-25(24)29(36)38)27-31-33-35(32-27)16-19-7-11-22(39-2)12-8-19/h3-15,17,26H,16,18H2,1-2H3/p+1. The van der Waals surface area contributed by atoms with E-state index in [1.807, 2.05) is 72.7 Å². The van der Waals surface area contributed by atoms with Crippen LogP contribution >= 0.6 is 0 Å². The van der Waals surface area contributed by atoms with Crippen LogP contribution in [0.3, 0.4) is 0 Å². The van der Waals surface area contributed by atoms with Gasteiger partial charge in [0.1, 0.15) is 18.1 Å². The third kappa shape index (κ3) is 5.40. The first-order chi connectivity index (χ1) is 20.0. The number of benzene rings is 3. The Labute approximate surface area is 234 Å². The lowest BCUT2D eigenvalue weighted by molar-refractivity contribution is -0.726. The van der Waals surface area contributed by atoms with Crippen LogP contribution in [0.2, 0.25) is 0 Å². The number of rotatable bonds is 10. The summed E-state index contributed by atoms with van der Waals surface area (Å²) < 4.78 is 13.1. The first kappa shape index (κ1) is 25.9. The summed E-state index contributed by atoms with van der Waals surface area (Å²) in [7, 11) is 3.52. The predicted octanol–water partition coefficient (Wildman–Crippen LogP) is 2.90. The summed E-state index contributed by atoms with van der Waals surface area (Å²) in [6, 6.07) is 21.6. The molecule has 0 bridgehead atoms. The molecule has 0 fully saturated rings. The van der Waals surface area contributed by atoms with Crippen molar-refractivity contribution in [3.8, 4) is 22.6 Å². The molecule has 3 aromatic carbocycles. The van der Waals surface area contributed by atoms with Crippen molar-refractivity contribution < 1.29 is 28.6 Å². The second kappa shape index (κ2) is 11.0. The minimum absolute atomic E-state index is 0.0832. The summed E-state index contributed by atoms with van der Waals surface area (Å²) in [4.78, 5) is 33.3. The maximum atomic E-state index is 13.0. The monoisotopic (exact) mass is 552 g/mol. The molecule has 1 aliphatic heterocycles. The highest BCUT2D eigenvalue weighted by Gasteiger charge is 2.39. The highest BCUT2D eigenvalue weighted by Crippen LogP contribution is 2.28. The summed E-state index contributed by atoms with van der Waals surface area (Å²) in [5, 5.41) is 16.6. The molecule has 41 heavy (non-hydrogen) atoms. The Morgan fingerprint density at radius 2 is 1.59 bits per heavy atom. The summed E-state index contributed by atoms with van der Waals surface area (Å²) in [5.41, 5.74) is 3.50. The lowest BCUT2D eigenvalue weighted by Gasteiger charge is -2.20. The fraction of sp³-hybridized carbons (Fsp3) is 0.172. The maximum Gasteiger partial charge on any atom is 0.285 e. The predicted molar refractivity (Wildman–Crippen MR) is 144 cm³/mol. The molecular formula is C29H26N7O5+. The van der Waals surface area contributed by atoms with Gasteiger partial charge in [-0.2, -0.15) is 9.90 Å². The summed E-state index contributed by atoms with van der Waals surface area (Å²) in [5.74, 6) is 0.333. The SMILES string of the molecule is COc1ccc(Cn2nnc(C(COc3ccc(-c4c[nH][n+](C)c4)cc3)ON3C(=O)c4ccccc4C3=O)n2)cc1. The van der Waals surface area contributed by atoms with Gasteiger partial charge in [-0.05, 0) is 52.7 Å². The Kier molecular flexibility index (Phi) is 6.96. The van der Waals surface area contributed by atoms with Gasteiger partial charge in [0.2, 0.25) is 12.0 Å². The molecule has 0 saturated heterocycles. The minimum atomic E-state index is -1.01. The van der Waals surface area contributed by atoms with Crippen molar-refractivity contribution in [2.75, 3.05) is 13.7 Å². The van der Waals surface area contributed by atoms with Gasteiger partial charge in [-0.1, -0.05) is 36.4 Å². The molecule has 12 heteroatoms. The second-order valence-corrected chi connectivity index (χ2v) is 9.37. The molecule has 1 atom stereocenters. The molecule has 2 amide bonds. The maximum absolute atomic E-state index is 13.0. The summed E-state index contributed by atoms with van der Waals surface area (Å²) >= 11 is 0. The topological polar surface area (TPSA) is 128 Å². The molecule has 3 heterocycles. The van der Waals surface area contributed by atoms with Crippen LogP contribution in [0, 0.1) is 0 Å². The third-order valence-electron chi connectivity index (χ3n) is 6.57. The zero-order chi connectivity index (χ0) is 28.3. The van der Waals surface area contributed by atoms with Gasteiger partial charge in [0.25, 0.3) is 11.8 Å². The van der Waals surface area contributed by atoms with Crippen molar-refractivity contribution in [3.63, 3.8) is 0 Å². The van der Waals surface area contributed by atoms with Crippen molar-refractivity contribution in [3.05, 3.63) is 108 Å². The molecule has 1 aliphatic rings. The smallest absolute Gasteiger partial charge is 0.285 e. The number of nitrogens with zero attached hydrogens (tertiary/aromatic N) is 6. The average molecular weight is 553 g/mol. The van der Waals surface area contributed by atoms with E-state index in [1.54, 1.807) is 31.4 Å². The van der Waals surface area contributed by atoms with E-state index in [4.69, 9.17) is 14.3 Å². The van der Waals surface area contributed by atoms with Gasteiger partial charge in [0.15, 0.2) is 13.2 Å². The van der Waals surface area contributed by atoms with Crippen molar-refractivity contribution in [1.82, 2.24) is 30.4 Å². The van der Waals surface area contributed by atoms with Gasteiger partial charge in [-0.3, -0.25) is 9.59 Å². The zero-order valence-electron chi connectivity index (χ0n) is 22.3. The number of hydrogen-bond donors (Lipinski definition) is 1. The number of amides is 2. The first-order valence-corrected chi connectivity index (χ1v) is 12.8. The van der Waals surface area contributed by atoms with Gasteiger partial charge in [0.05, 0.1) is 36.5 Å². The fourth-order valence-corrected chi connectivity index (χ4v) is 4.42. The number of H-pyrrole nitrogens is 1. The summed E-state index contributed by atoms with van der Waals surface area (Å²) in [6.45, 7) is 0.260. The van der Waals surface area contributed by atoms with E-state index >= 15 is 0 Å². The van der Waals surface area contributed by atoms with E-state index in [9.17, 15) is 9.59 Å². The van der Waals surface area contributed by atoms with Crippen LogP contribution in [0.25, 0.3) is 11.1 Å². The minimum Gasteiger partial charge on any atom is -0.497 e. The van der Waals surface area contributed by atoms with Crippen LogP contribution in [-0.2, 0) is 18.4 Å². The lowest BCUT2D eigenvalue weighted by atomic mass is 10.1. The van der Waals surface area contributed by atoms with Crippen LogP contribution in [0.4, 0.5) is 0 Å². The van der Waals surface area contributed by atoms with Crippen molar-refractivity contribution in [1.29, 1.82) is 0 Å². The highest BCUT2D eigenvalue weighted by molar-refractivity contribution is 6.20. The fourth-order valence-electron chi connectivity index (χ4n) is 4.42. The molecule has 2 aromatic heterocycles. The number of hydrogen-bond acceptors (Lipinski definition) is 8. The summed E-state index contributed by atoms with van der Waals surface area (Å²) in [6.07, 6.45) is 2.87. The zero-order valence-corrected chi connectivity index (χ0v) is 22.3. The van der Waals surface area contributed by atoms with Crippen LogP contribution in [-0.4, -0.2) is 55.9 Å². The first-order valence-electron chi connectivity index (χ1n) is 12.8. The van der Waals surface area contributed by atoms with E-state index < -0.39 is 17.9 Å². The van der Waals surface area contributed by atoms with Gasteiger partial charge in [0, 0.05) is 0 Å². The number of carbonyl (C=O) groups is 2. The molecule has 0 spiro atoms. The Morgan fingerprint density at radius 1 is 0.902 bits per heavy atom. The Hall–Kier alpha value is -5.36. The Morgan fingerprint density at radius 3 is 2.22 bits per heavy atom. The molecule has 1 unspecified atom stereocenters. The number of aromatic amines is 1. The quantitative estimate of drug-likeness (QED) is 0.207. The number of fused-ring (bicyclic) bond motifs is 1. The number of aryl methyl sites for hydroxylation is 1. The molecule has 6 rings (SSSR count). The van der Waals surface area contributed by atoms with Gasteiger partial charge < -0.3 is 9.47 Å². The highest BCUT2D eigenvalue weighted by atomic mass is 16.7. The van der Waals surface area contributed by atoms with Crippen molar-refractivity contribution in [2.24, 2.45) is 7.05 Å². The van der Waals surface area contributed by atoms with Gasteiger partial charge in [-0.15, -0.1) is 19.9 Å². The Bertz CT molecular complexity index is 1660. The van der Waals surface area contributed by atoms with Crippen LogP contribution < -0.4 is 14.2 Å². The van der Waals surface area contributed by atoms with Crippen LogP contribution in [0.5, 0.6) is 11.5 Å². The number of tetrazole rings is 1. The van der Waals surface area contributed by atoms with Crippen molar-refractivity contribution in [2.45, 2.75) is 12.6 Å². The molecule has 12 nitrogen and oxygen atoms in total. The van der Waals surface area contributed by atoms with E-state index in [-0.39, 0.29) is 23.6 Å². The third-order valence-corrected chi connectivity index (χ3v) is 6.57. The number of hydroxylamine groups is 2. The van der Waals surface area contributed by atoms with Gasteiger partial charge >= 0.3 is 0 Å². The number of methoxy groups -OCH3 is 1. The van der Waals surface area contributed by atoms with E-state index in [1.165, 1.54) is 4.80 Å². The molecule has 1 N–H and O–H groups in total. The van der Waals surface area contributed by atoms with E-state index in [0.717, 1.165) is 27.5 Å². The molecule has 5 aromatic rings. The largest absolute Gasteiger partial charge is 0.497 e. The molecule has 206 valence electrons. The molecular weight excluding hydrogens is 526 g/mol. The number of carbonyl (C=O) groups excluding carboxylic acids is 2. The molecule has 0 saturated carbocycles. The van der Waals surface area contributed by atoms with E-state index in [0.29, 0.717) is 12.3 Å². The number of imide groups is 1. The second-order valence-electron chi connectivity index (χ2n) is 9.37. The van der Waals surface area contributed by atoms with Crippen LogP contribution in [0.1, 0.15) is 38.2 Å². The van der Waals surface area contributed by atoms with Crippen LogP contribution in [0.15, 0.2) is 85.2 Å². The number of aromatic nitrogens is 6. The average Bonchev–Trinajstić information content (AvgIpc) is 3.71. The normalized spacial score (nSPS) is 13.4. The molecule has 0 aliphatic carbocycles. The number of nitrogens with one attached hydrogen (secondary N) is 1. The lowest BCUT2D eigenvalue weighted by Crippen LogP contribution is -2.34. The molecule has 0 radical (unpaired) electrons. The van der Waals surface area contributed by atoms with E-state index in [2.05, 4.69) is 20.5 Å². The van der Waals surface area contributed by atoms with Gasteiger partial charge in [-0.25, -0.2) is 4.84 Å². The van der Waals surface area contributed by atoms with Crippen molar-refractivity contribution >= 4 is 11.8 Å².